The van der Waals surface area contributed by atoms with Crippen LogP contribution < -0.4 is 5.73 Å². The molecule has 1 aliphatic rings. The first kappa shape index (κ1) is 20.2. The molecule has 0 aromatic heterocycles. The van der Waals surface area contributed by atoms with Crippen molar-refractivity contribution in [1.82, 2.24) is 0 Å². The number of aliphatic imine (C=N–C) groups is 1. The molecule has 1 heterocycles. The molecule has 28 heavy (non-hydrogen) atoms. The summed E-state index contributed by atoms with van der Waals surface area (Å²) in [6.07, 6.45) is 0. The minimum Gasteiger partial charge on any atom is -0.465 e. The van der Waals surface area contributed by atoms with Crippen molar-refractivity contribution in [3.8, 4) is 17.2 Å². The highest BCUT2D eigenvalue weighted by molar-refractivity contribution is 6.32. The molecule has 2 aromatic carbocycles. The fourth-order valence-electron chi connectivity index (χ4n) is 3.07. The van der Waals surface area contributed by atoms with Crippen LogP contribution in [0.4, 0.5) is 13.2 Å². The van der Waals surface area contributed by atoms with Gasteiger partial charge in [0.05, 0.1) is 16.1 Å². The number of hydrogen-bond donors (Lipinski definition) is 1. The number of ether oxygens (including phenoxy) is 1. The predicted molar refractivity (Wildman–Crippen MR) is 101 cm³/mol. The molecule has 0 amide bonds. The molecule has 0 spiro atoms. The van der Waals surface area contributed by atoms with Crippen molar-refractivity contribution in [2.24, 2.45) is 10.7 Å². The van der Waals surface area contributed by atoms with Crippen LogP contribution in [0.2, 0.25) is 5.02 Å². The molecule has 1 aliphatic heterocycles. The van der Waals surface area contributed by atoms with Crippen molar-refractivity contribution in [3.63, 3.8) is 0 Å². The van der Waals surface area contributed by atoms with Crippen molar-refractivity contribution in [3.05, 3.63) is 58.4 Å². The maximum atomic E-state index is 14.5. The maximum Gasteiger partial charge on any atom is 0.323 e. The van der Waals surface area contributed by atoms with Crippen LogP contribution in [0.25, 0.3) is 11.1 Å². The summed E-state index contributed by atoms with van der Waals surface area (Å²) in [5.41, 5.74) is 2.42. The molecule has 0 saturated carbocycles. The molecule has 3 rings (SSSR count). The Hall–Kier alpha value is -2.56. The van der Waals surface area contributed by atoms with Gasteiger partial charge in [-0.15, -0.1) is 0 Å². The number of nitrogens with two attached hydrogens (primary N) is 1. The van der Waals surface area contributed by atoms with Crippen LogP contribution in [0.15, 0.2) is 41.4 Å². The van der Waals surface area contributed by atoms with E-state index in [0.717, 1.165) is 13.0 Å². The molecular weight excluding hydrogens is 391 g/mol. The molecule has 2 aromatic rings. The van der Waals surface area contributed by atoms with Gasteiger partial charge in [0.25, 0.3) is 0 Å². The Morgan fingerprint density at radius 3 is 2.43 bits per heavy atom. The fourth-order valence-corrected chi connectivity index (χ4v) is 3.29. The monoisotopic (exact) mass is 407 g/mol. The molecule has 0 saturated heterocycles. The van der Waals surface area contributed by atoms with E-state index < -0.39 is 23.0 Å². The van der Waals surface area contributed by atoms with E-state index >= 15 is 0 Å². The molecule has 4 nitrogen and oxygen atoms in total. The topological polar surface area (TPSA) is 71.4 Å². The quantitative estimate of drug-likeness (QED) is 0.770. The highest BCUT2D eigenvalue weighted by Crippen LogP contribution is 2.44. The minimum atomic E-state index is -3.49. The molecule has 0 aliphatic carbocycles. The molecule has 146 valence electrons. The van der Waals surface area contributed by atoms with Gasteiger partial charge in [-0.1, -0.05) is 29.8 Å². The number of alkyl halides is 2. The van der Waals surface area contributed by atoms with E-state index in [-0.39, 0.29) is 22.0 Å². The Kier molecular flexibility index (Phi) is 4.69. The number of halogens is 4. The van der Waals surface area contributed by atoms with E-state index in [1.807, 2.05) is 6.07 Å². The van der Waals surface area contributed by atoms with E-state index in [1.165, 1.54) is 26.0 Å². The van der Waals surface area contributed by atoms with Crippen molar-refractivity contribution >= 4 is 17.5 Å². The molecular formula is C20H17ClF3N3O. The third-order valence-corrected chi connectivity index (χ3v) is 5.03. The van der Waals surface area contributed by atoms with E-state index in [1.54, 1.807) is 18.2 Å². The summed E-state index contributed by atoms with van der Waals surface area (Å²) in [6, 6.07) is 10.8. The Balaban J connectivity index is 2.18. The zero-order chi connectivity index (χ0) is 20.9. The van der Waals surface area contributed by atoms with Gasteiger partial charge < -0.3 is 10.5 Å². The fraction of sp³-hybridized carbons (Fsp3) is 0.300. The summed E-state index contributed by atoms with van der Waals surface area (Å²) in [5, 5.41) is 9.61. The minimum absolute atomic E-state index is 0.137. The Bertz CT molecular complexity index is 1030. The maximum absolute atomic E-state index is 14.5. The van der Waals surface area contributed by atoms with Gasteiger partial charge in [0.2, 0.25) is 5.90 Å². The molecule has 0 fully saturated rings. The first-order valence-corrected chi connectivity index (χ1v) is 8.73. The largest absolute Gasteiger partial charge is 0.465 e. The second kappa shape index (κ2) is 6.50. The van der Waals surface area contributed by atoms with Gasteiger partial charge in [-0.3, -0.25) is 0 Å². The first-order chi connectivity index (χ1) is 12.9. The third-order valence-electron chi connectivity index (χ3n) is 4.71. The van der Waals surface area contributed by atoms with Crippen LogP contribution >= 0.6 is 11.6 Å². The number of benzene rings is 2. The highest BCUT2D eigenvalue weighted by Gasteiger charge is 2.63. The van der Waals surface area contributed by atoms with Gasteiger partial charge in [-0.05, 0) is 44.5 Å². The summed E-state index contributed by atoms with van der Waals surface area (Å²) >= 11 is 6.06. The van der Waals surface area contributed by atoms with Gasteiger partial charge >= 0.3 is 5.92 Å². The summed E-state index contributed by atoms with van der Waals surface area (Å²) in [4.78, 5) is 3.78. The van der Waals surface area contributed by atoms with Crippen molar-refractivity contribution < 1.29 is 17.9 Å². The average molecular weight is 408 g/mol. The Morgan fingerprint density at radius 1 is 1.14 bits per heavy atom. The predicted octanol–water partition coefficient (Wildman–Crippen LogP) is 4.88. The number of hydrogen-bond acceptors (Lipinski definition) is 4. The summed E-state index contributed by atoms with van der Waals surface area (Å²) in [5.74, 6) is -4.54. The lowest BCUT2D eigenvalue weighted by atomic mass is 9.88. The lowest BCUT2D eigenvalue weighted by Crippen LogP contribution is -2.66. The second-order valence-corrected chi connectivity index (χ2v) is 7.63. The molecule has 2 N–H and O–H groups in total. The molecule has 1 atom stereocenters. The summed E-state index contributed by atoms with van der Waals surface area (Å²) in [6.45, 7) is 3.39. The Morgan fingerprint density at radius 2 is 1.82 bits per heavy atom. The lowest BCUT2D eigenvalue weighted by molar-refractivity contribution is -0.202. The first-order valence-electron chi connectivity index (χ1n) is 8.36. The van der Waals surface area contributed by atoms with Gasteiger partial charge in [-0.2, -0.15) is 14.0 Å². The van der Waals surface area contributed by atoms with E-state index in [0.29, 0.717) is 11.1 Å². The van der Waals surface area contributed by atoms with Gasteiger partial charge in [0.1, 0.15) is 11.9 Å². The molecule has 8 heteroatoms. The van der Waals surface area contributed by atoms with E-state index in [2.05, 4.69) is 4.99 Å². The van der Waals surface area contributed by atoms with Gasteiger partial charge in [-0.25, -0.2) is 9.38 Å². The standard InChI is InChI=1S/C20H17ClF3N3O/c1-18(2)20(23,24)19(3,26)27-17(28-18)13-9-11(7-8-16(13)22)12-5-4-6-15(21)14(12)10-25/h4-9H,26H2,1-3H3/t19-/m1/s1. The van der Waals surface area contributed by atoms with E-state index in [9.17, 15) is 18.4 Å². The number of rotatable bonds is 2. The zero-order valence-corrected chi connectivity index (χ0v) is 16.1. The number of nitriles is 1. The summed E-state index contributed by atoms with van der Waals surface area (Å²) in [7, 11) is 0. The van der Waals surface area contributed by atoms with Crippen LogP contribution in [0.5, 0.6) is 0 Å². The van der Waals surface area contributed by atoms with E-state index in [4.69, 9.17) is 22.1 Å². The average Bonchev–Trinajstić information content (AvgIpc) is 2.59. The molecule has 0 bridgehead atoms. The summed E-state index contributed by atoms with van der Waals surface area (Å²) < 4.78 is 49.0. The molecule has 0 radical (unpaired) electrons. The Labute approximate surface area is 165 Å². The second-order valence-electron chi connectivity index (χ2n) is 7.22. The normalized spacial score (nSPS) is 22.8. The van der Waals surface area contributed by atoms with Crippen LogP contribution in [-0.2, 0) is 4.74 Å². The highest BCUT2D eigenvalue weighted by atomic mass is 35.5. The zero-order valence-electron chi connectivity index (χ0n) is 15.4. The molecule has 0 unspecified atom stereocenters. The van der Waals surface area contributed by atoms with Crippen molar-refractivity contribution in [2.45, 2.75) is 38.0 Å². The smallest absolute Gasteiger partial charge is 0.323 e. The lowest BCUT2D eigenvalue weighted by Gasteiger charge is -2.45. The van der Waals surface area contributed by atoms with Crippen molar-refractivity contribution in [1.29, 1.82) is 5.26 Å². The van der Waals surface area contributed by atoms with Gasteiger partial charge in [0.15, 0.2) is 11.3 Å². The third kappa shape index (κ3) is 3.03. The van der Waals surface area contributed by atoms with Crippen LogP contribution in [-0.4, -0.2) is 23.1 Å². The SMILES string of the molecule is CC1(C)OC(c2cc(-c3cccc(Cl)c3C#N)ccc2F)=N[C@@](C)(N)C1(F)F. The number of nitrogens with zero attached hydrogens (tertiary/aromatic N) is 2. The van der Waals surface area contributed by atoms with Crippen LogP contribution in [0, 0.1) is 17.1 Å². The van der Waals surface area contributed by atoms with Gasteiger partial charge in [0, 0.05) is 5.56 Å². The van der Waals surface area contributed by atoms with Crippen LogP contribution in [0.3, 0.4) is 0 Å². The van der Waals surface area contributed by atoms with Crippen LogP contribution in [0.1, 0.15) is 31.9 Å². The van der Waals surface area contributed by atoms with Crippen molar-refractivity contribution in [2.75, 3.05) is 0 Å².